The van der Waals surface area contributed by atoms with Crippen LogP contribution < -0.4 is 0 Å². The molecule has 0 aliphatic carbocycles. The summed E-state index contributed by atoms with van der Waals surface area (Å²) in [6, 6.07) is 10.8. The lowest BCUT2D eigenvalue weighted by molar-refractivity contribution is -0.137. The first-order chi connectivity index (χ1) is 10.1. The molecule has 1 heterocycles. The van der Waals surface area contributed by atoms with Gasteiger partial charge in [-0.1, -0.05) is 30.3 Å². The van der Waals surface area contributed by atoms with Crippen LogP contribution in [-0.2, 0) is 11.3 Å². The maximum absolute atomic E-state index is 12.4. The van der Waals surface area contributed by atoms with Crippen molar-refractivity contribution in [3.63, 3.8) is 0 Å². The Morgan fingerprint density at radius 2 is 1.90 bits per heavy atom. The van der Waals surface area contributed by atoms with Gasteiger partial charge in [-0.25, -0.2) is 9.97 Å². The first kappa shape index (κ1) is 14.6. The van der Waals surface area contributed by atoms with Gasteiger partial charge in [0.1, 0.15) is 18.6 Å². The number of carboxylic acid groups (broad SMARTS) is 1. The molecule has 0 spiro atoms. The summed E-state index contributed by atoms with van der Waals surface area (Å²) in [5.41, 5.74) is 1.71. The first-order valence-electron chi connectivity index (χ1n) is 6.40. The van der Waals surface area contributed by atoms with Crippen LogP contribution >= 0.6 is 0 Å². The Kier molecular flexibility index (Phi) is 4.61. The van der Waals surface area contributed by atoms with Gasteiger partial charge in [-0.05, 0) is 18.6 Å². The molecule has 0 atom stereocenters. The second-order valence-electron chi connectivity index (χ2n) is 4.59. The third-order valence-electron chi connectivity index (χ3n) is 2.85. The number of hydrogen-bond donors (Lipinski definition) is 1. The summed E-state index contributed by atoms with van der Waals surface area (Å²) in [5.74, 6) is -1.49. The summed E-state index contributed by atoms with van der Waals surface area (Å²) in [6.07, 6.45) is 1.30. The number of carbonyl (C=O) groups excluding carboxylic acids is 1. The highest BCUT2D eigenvalue weighted by molar-refractivity contribution is 5.94. The average molecular weight is 285 g/mol. The molecular formula is C15H15N3O3. The van der Waals surface area contributed by atoms with Crippen molar-refractivity contribution in [3.05, 3.63) is 59.7 Å². The normalized spacial score (nSPS) is 10.1. The molecule has 0 saturated carbocycles. The molecule has 2 rings (SSSR count). The summed E-state index contributed by atoms with van der Waals surface area (Å²) in [7, 11) is 0. The zero-order chi connectivity index (χ0) is 15.2. The van der Waals surface area contributed by atoms with E-state index in [1.165, 1.54) is 11.2 Å². The van der Waals surface area contributed by atoms with Gasteiger partial charge in [-0.2, -0.15) is 0 Å². The van der Waals surface area contributed by atoms with Crippen LogP contribution in [0.4, 0.5) is 0 Å². The fourth-order valence-electron chi connectivity index (χ4n) is 1.90. The second-order valence-corrected chi connectivity index (χ2v) is 4.59. The minimum Gasteiger partial charge on any atom is -0.480 e. The second kappa shape index (κ2) is 6.60. The number of carbonyl (C=O) groups is 2. The van der Waals surface area contributed by atoms with Crippen LogP contribution in [-0.4, -0.2) is 38.4 Å². The molecule has 2 aromatic rings. The van der Waals surface area contributed by atoms with Crippen LogP contribution in [0.15, 0.2) is 42.7 Å². The molecule has 1 aromatic carbocycles. The Labute approximate surface area is 122 Å². The van der Waals surface area contributed by atoms with Gasteiger partial charge in [0.05, 0.1) is 0 Å². The van der Waals surface area contributed by atoms with E-state index < -0.39 is 11.9 Å². The van der Waals surface area contributed by atoms with Crippen LogP contribution in [0.25, 0.3) is 0 Å². The zero-order valence-electron chi connectivity index (χ0n) is 11.6. The third kappa shape index (κ3) is 4.10. The lowest BCUT2D eigenvalue weighted by Crippen LogP contribution is -2.35. The largest absolute Gasteiger partial charge is 0.480 e. The number of aromatic nitrogens is 2. The summed E-state index contributed by atoms with van der Waals surface area (Å²) in [6.45, 7) is 1.59. The molecule has 0 radical (unpaired) electrons. The monoisotopic (exact) mass is 285 g/mol. The van der Waals surface area contributed by atoms with Gasteiger partial charge in [-0.3, -0.25) is 9.59 Å². The van der Waals surface area contributed by atoms with E-state index in [1.807, 2.05) is 30.3 Å². The van der Waals surface area contributed by atoms with E-state index in [9.17, 15) is 9.59 Å². The Morgan fingerprint density at radius 1 is 1.19 bits per heavy atom. The van der Waals surface area contributed by atoms with Crippen molar-refractivity contribution in [1.29, 1.82) is 0 Å². The number of carboxylic acids is 1. The van der Waals surface area contributed by atoms with E-state index in [4.69, 9.17) is 5.11 Å². The van der Waals surface area contributed by atoms with Crippen LogP contribution in [0.1, 0.15) is 21.7 Å². The fourth-order valence-corrected chi connectivity index (χ4v) is 1.90. The predicted octanol–water partition coefficient (Wildman–Crippen LogP) is 1.51. The van der Waals surface area contributed by atoms with E-state index in [1.54, 1.807) is 13.0 Å². The molecule has 6 heteroatoms. The van der Waals surface area contributed by atoms with Crippen LogP contribution in [0, 0.1) is 6.92 Å². The van der Waals surface area contributed by atoms with Crippen molar-refractivity contribution < 1.29 is 14.7 Å². The van der Waals surface area contributed by atoms with E-state index in [0.717, 1.165) is 5.56 Å². The van der Waals surface area contributed by atoms with E-state index in [2.05, 4.69) is 9.97 Å². The highest BCUT2D eigenvalue weighted by atomic mass is 16.4. The Morgan fingerprint density at radius 3 is 2.52 bits per heavy atom. The van der Waals surface area contributed by atoms with Gasteiger partial charge >= 0.3 is 5.97 Å². The maximum atomic E-state index is 12.4. The molecule has 1 N–H and O–H groups in total. The summed E-state index contributed by atoms with van der Waals surface area (Å²) < 4.78 is 0. The molecule has 0 fully saturated rings. The molecule has 1 amide bonds. The molecule has 0 aliphatic heterocycles. The van der Waals surface area contributed by atoms with E-state index in [-0.39, 0.29) is 18.8 Å². The number of aliphatic carboxylic acids is 1. The van der Waals surface area contributed by atoms with Crippen LogP contribution in [0.2, 0.25) is 0 Å². The molecule has 0 aliphatic rings. The Balaban J connectivity index is 2.23. The fraction of sp³-hybridized carbons (Fsp3) is 0.200. The van der Waals surface area contributed by atoms with E-state index >= 15 is 0 Å². The number of nitrogens with zero attached hydrogens (tertiary/aromatic N) is 3. The number of aryl methyl sites for hydroxylation is 1. The van der Waals surface area contributed by atoms with Gasteiger partial charge in [0.25, 0.3) is 5.91 Å². The first-order valence-corrected chi connectivity index (χ1v) is 6.40. The number of hydrogen-bond acceptors (Lipinski definition) is 4. The van der Waals surface area contributed by atoms with Crippen molar-refractivity contribution in [3.8, 4) is 0 Å². The lowest BCUT2D eigenvalue weighted by atomic mass is 10.2. The molecule has 1 aromatic heterocycles. The maximum Gasteiger partial charge on any atom is 0.323 e. The Hall–Kier alpha value is -2.76. The molecule has 21 heavy (non-hydrogen) atoms. The summed E-state index contributed by atoms with van der Waals surface area (Å²) in [5, 5.41) is 8.99. The number of rotatable bonds is 5. The van der Waals surface area contributed by atoms with Gasteiger partial charge in [0, 0.05) is 12.2 Å². The van der Waals surface area contributed by atoms with Crippen LogP contribution in [0.5, 0.6) is 0 Å². The quantitative estimate of drug-likeness (QED) is 0.900. The number of amides is 1. The van der Waals surface area contributed by atoms with Gasteiger partial charge in [0.15, 0.2) is 0 Å². The number of benzene rings is 1. The van der Waals surface area contributed by atoms with Gasteiger partial charge < -0.3 is 10.0 Å². The van der Waals surface area contributed by atoms with Crippen molar-refractivity contribution in [1.82, 2.24) is 14.9 Å². The van der Waals surface area contributed by atoms with Gasteiger partial charge in [-0.15, -0.1) is 0 Å². The molecule has 0 unspecified atom stereocenters. The molecule has 0 bridgehead atoms. The van der Waals surface area contributed by atoms with Gasteiger partial charge in [0.2, 0.25) is 0 Å². The van der Waals surface area contributed by atoms with E-state index in [0.29, 0.717) is 5.69 Å². The topological polar surface area (TPSA) is 83.4 Å². The minimum atomic E-state index is -1.06. The highest BCUT2D eigenvalue weighted by Gasteiger charge is 2.20. The summed E-state index contributed by atoms with van der Waals surface area (Å²) in [4.78, 5) is 32.5. The molecule has 0 saturated heterocycles. The molecule has 108 valence electrons. The lowest BCUT2D eigenvalue weighted by Gasteiger charge is -2.20. The smallest absolute Gasteiger partial charge is 0.323 e. The third-order valence-corrected chi connectivity index (χ3v) is 2.85. The Bertz CT molecular complexity index is 644. The standard InChI is InChI=1S/C15H15N3O3/c1-11-7-13(17-10-16-11)15(21)18(9-14(19)20)8-12-5-3-2-4-6-12/h2-7,10H,8-9H2,1H3,(H,19,20). The summed E-state index contributed by atoms with van der Waals surface area (Å²) >= 11 is 0. The van der Waals surface area contributed by atoms with Crippen molar-refractivity contribution in [2.45, 2.75) is 13.5 Å². The van der Waals surface area contributed by atoms with Crippen molar-refractivity contribution in [2.75, 3.05) is 6.54 Å². The van der Waals surface area contributed by atoms with Crippen molar-refractivity contribution >= 4 is 11.9 Å². The molecule has 6 nitrogen and oxygen atoms in total. The van der Waals surface area contributed by atoms with Crippen molar-refractivity contribution in [2.24, 2.45) is 0 Å². The minimum absolute atomic E-state index is 0.194. The SMILES string of the molecule is Cc1cc(C(=O)N(CC(=O)O)Cc2ccccc2)ncn1. The molecular weight excluding hydrogens is 270 g/mol. The zero-order valence-corrected chi connectivity index (χ0v) is 11.6. The highest BCUT2D eigenvalue weighted by Crippen LogP contribution is 2.09. The van der Waals surface area contributed by atoms with Crippen LogP contribution in [0.3, 0.4) is 0 Å². The predicted molar refractivity (Wildman–Crippen MR) is 75.6 cm³/mol. The average Bonchev–Trinajstić information content (AvgIpc) is 2.46.